The predicted molar refractivity (Wildman–Crippen MR) is 86.7 cm³/mol. The molecule has 1 saturated heterocycles. The quantitative estimate of drug-likeness (QED) is 0.880. The molecule has 2 aromatic carbocycles. The van der Waals surface area contributed by atoms with Crippen molar-refractivity contribution in [3.05, 3.63) is 54.6 Å². The second-order valence-electron chi connectivity index (χ2n) is 5.36. The highest BCUT2D eigenvalue weighted by Crippen LogP contribution is 2.27. The molecule has 0 aliphatic carbocycles. The summed E-state index contributed by atoms with van der Waals surface area (Å²) in [5.41, 5.74) is 7.47. The molecule has 0 bridgehead atoms. The van der Waals surface area contributed by atoms with Crippen LogP contribution in [0.2, 0.25) is 0 Å². The lowest BCUT2D eigenvalue weighted by Crippen LogP contribution is -2.28. The molecule has 0 radical (unpaired) electrons. The molecular weight excluding hydrogens is 292 g/mol. The normalized spacial score (nSPS) is 17.8. The fraction of sp³-hybridized carbons (Fsp3) is 0.176. The lowest BCUT2D eigenvalue weighted by atomic mass is 10.1. The summed E-state index contributed by atoms with van der Waals surface area (Å²) in [6.45, 7) is 0.332. The molecule has 0 spiro atoms. The van der Waals surface area contributed by atoms with E-state index in [1.54, 1.807) is 29.2 Å². The van der Waals surface area contributed by atoms with E-state index in [4.69, 9.17) is 5.73 Å². The van der Waals surface area contributed by atoms with E-state index in [1.165, 1.54) is 0 Å². The average molecular weight is 308 g/mol. The highest BCUT2D eigenvalue weighted by molar-refractivity contribution is 6.00. The van der Waals surface area contributed by atoms with Gasteiger partial charge in [0.2, 0.25) is 11.8 Å². The van der Waals surface area contributed by atoms with Crippen LogP contribution in [0.1, 0.15) is 6.42 Å². The Morgan fingerprint density at radius 3 is 2.17 bits per heavy atom. The Morgan fingerprint density at radius 1 is 1.00 bits per heavy atom. The summed E-state index contributed by atoms with van der Waals surface area (Å²) in [5, 5.41) is 8.29. The lowest BCUT2D eigenvalue weighted by Gasteiger charge is -2.16. The van der Waals surface area contributed by atoms with E-state index in [0.717, 1.165) is 11.4 Å². The zero-order chi connectivity index (χ0) is 16.2. The van der Waals surface area contributed by atoms with Crippen molar-refractivity contribution in [1.82, 2.24) is 0 Å². The summed E-state index contributed by atoms with van der Waals surface area (Å²) in [5.74, 6) is -0.943. The van der Waals surface area contributed by atoms with Gasteiger partial charge in [0.15, 0.2) is 0 Å². The number of amides is 2. The maximum atomic E-state index is 12.0. The molecule has 1 unspecified atom stereocenters. The second kappa shape index (κ2) is 6.39. The minimum Gasteiger partial charge on any atom is -0.369 e. The highest BCUT2D eigenvalue weighted by atomic mass is 16.2. The monoisotopic (exact) mass is 308 g/mol. The van der Waals surface area contributed by atoms with Crippen molar-refractivity contribution in [3.8, 4) is 0 Å². The first kappa shape index (κ1) is 14.9. The number of carbonyl (C=O) groups excluding carboxylic acids is 2. The minimum atomic E-state index is -0.436. The van der Waals surface area contributed by atoms with E-state index < -0.39 is 11.8 Å². The summed E-state index contributed by atoms with van der Waals surface area (Å²) < 4.78 is 0. The van der Waals surface area contributed by atoms with Crippen molar-refractivity contribution in [2.45, 2.75) is 6.42 Å². The molecule has 2 amide bonds. The van der Waals surface area contributed by atoms with Crippen LogP contribution < -0.4 is 10.6 Å². The van der Waals surface area contributed by atoms with Crippen molar-refractivity contribution in [3.63, 3.8) is 0 Å². The summed E-state index contributed by atoms with van der Waals surface area (Å²) in [4.78, 5) is 24.8. The number of primary amides is 1. The number of rotatable bonds is 4. The third kappa shape index (κ3) is 3.42. The van der Waals surface area contributed by atoms with Gasteiger partial charge in [-0.2, -0.15) is 10.2 Å². The van der Waals surface area contributed by atoms with Gasteiger partial charge in [-0.05, 0) is 36.4 Å². The molecule has 6 heteroatoms. The molecule has 6 nitrogen and oxygen atoms in total. The van der Waals surface area contributed by atoms with E-state index in [9.17, 15) is 9.59 Å². The van der Waals surface area contributed by atoms with E-state index in [0.29, 0.717) is 12.2 Å². The number of benzene rings is 2. The largest absolute Gasteiger partial charge is 0.369 e. The van der Waals surface area contributed by atoms with Crippen molar-refractivity contribution >= 4 is 28.9 Å². The Hall–Kier alpha value is -3.02. The van der Waals surface area contributed by atoms with Crippen molar-refractivity contribution < 1.29 is 9.59 Å². The zero-order valence-corrected chi connectivity index (χ0v) is 12.4. The predicted octanol–water partition coefficient (Wildman–Crippen LogP) is 2.94. The van der Waals surface area contributed by atoms with E-state index >= 15 is 0 Å². The van der Waals surface area contributed by atoms with Gasteiger partial charge in [-0.25, -0.2) is 0 Å². The molecule has 1 atom stereocenters. The number of nitrogens with two attached hydrogens (primary N) is 1. The first-order valence-corrected chi connectivity index (χ1v) is 7.30. The highest BCUT2D eigenvalue weighted by Gasteiger charge is 2.33. The third-order valence-electron chi connectivity index (χ3n) is 3.73. The molecule has 116 valence electrons. The average Bonchev–Trinajstić information content (AvgIpc) is 2.97. The maximum Gasteiger partial charge on any atom is 0.227 e. The summed E-state index contributed by atoms with van der Waals surface area (Å²) in [6, 6.07) is 16.6. The molecule has 2 N–H and O–H groups in total. The Bertz CT molecular complexity index is 741. The van der Waals surface area contributed by atoms with Gasteiger partial charge in [-0.15, -0.1) is 0 Å². The van der Waals surface area contributed by atoms with Crippen LogP contribution >= 0.6 is 0 Å². The molecule has 2 aromatic rings. The van der Waals surface area contributed by atoms with Crippen LogP contribution in [-0.2, 0) is 9.59 Å². The van der Waals surface area contributed by atoms with Gasteiger partial charge in [0.1, 0.15) is 0 Å². The van der Waals surface area contributed by atoms with Gasteiger partial charge in [0.25, 0.3) is 0 Å². The van der Waals surface area contributed by atoms with Crippen LogP contribution in [-0.4, -0.2) is 18.4 Å². The van der Waals surface area contributed by atoms with E-state index in [1.807, 2.05) is 30.3 Å². The van der Waals surface area contributed by atoms with Crippen LogP contribution in [0.25, 0.3) is 0 Å². The summed E-state index contributed by atoms with van der Waals surface area (Å²) >= 11 is 0. The van der Waals surface area contributed by atoms with Crippen molar-refractivity contribution in [2.24, 2.45) is 21.9 Å². The molecule has 1 aliphatic rings. The van der Waals surface area contributed by atoms with Gasteiger partial charge < -0.3 is 10.6 Å². The Kier molecular flexibility index (Phi) is 4.14. The smallest absolute Gasteiger partial charge is 0.227 e. The second-order valence-corrected chi connectivity index (χ2v) is 5.36. The van der Waals surface area contributed by atoms with Crippen LogP contribution in [0.5, 0.6) is 0 Å². The van der Waals surface area contributed by atoms with E-state index in [-0.39, 0.29) is 12.3 Å². The third-order valence-corrected chi connectivity index (χ3v) is 3.73. The zero-order valence-electron chi connectivity index (χ0n) is 12.4. The van der Waals surface area contributed by atoms with Gasteiger partial charge in [0.05, 0.1) is 17.3 Å². The van der Waals surface area contributed by atoms with Crippen LogP contribution in [0, 0.1) is 5.92 Å². The maximum absolute atomic E-state index is 12.0. The van der Waals surface area contributed by atoms with Gasteiger partial charge in [-0.3, -0.25) is 9.59 Å². The van der Waals surface area contributed by atoms with Crippen LogP contribution in [0.3, 0.4) is 0 Å². The fourth-order valence-electron chi connectivity index (χ4n) is 2.46. The number of azo groups is 1. The topological polar surface area (TPSA) is 88.1 Å². The first-order valence-electron chi connectivity index (χ1n) is 7.30. The Morgan fingerprint density at radius 2 is 1.61 bits per heavy atom. The number of carbonyl (C=O) groups is 2. The number of nitrogens with zero attached hydrogens (tertiary/aromatic N) is 3. The minimum absolute atomic E-state index is 0.0903. The fourth-order valence-corrected chi connectivity index (χ4v) is 2.46. The molecule has 1 fully saturated rings. The molecule has 3 rings (SSSR count). The van der Waals surface area contributed by atoms with Crippen LogP contribution in [0.15, 0.2) is 64.8 Å². The Labute approximate surface area is 133 Å². The van der Waals surface area contributed by atoms with Gasteiger partial charge in [-0.1, -0.05) is 18.2 Å². The molecule has 0 aromatic heterocycles. The Balaban J connectivity index is 1.71. The summed E-state index contributed by atoms with van der Waals surface area (Å²) in [6.07, 6.45) is 0.171. The van der Waals surface area contributed by atoms with Gasteiger partial charge >= 0.3 is 0 Å². The molecule has 1 heterocycles. The lowest BCUT2D eigenvalue weighted by molar-refractivity contribution is -0.123. The van der Waals surface area contributed by atoms with Crippen LogP contribution in [0.4, 0.5) is 17.1 Å². The molecule has 1 aliphatic heterocycles. The van der Waals surface area contributed by atoms with Crippen molar-refractivity contribution in [1.29, 1.82) is 0 Å². The number of hydrogen-bond donors (Lipinski definition) is 1. The standard InChI is InChI=1S/C17H16N4O2/c18-17(23)12-10-16(22)21(11-12)15-8-6-14(7-9-15)20-19-13-4-2-1-3-5-13/h1-9,12H,10-11H2,(H2,18,23). The molecule has 0 saturated carbocycles. The molecule has 23 heavy (non-hydrogen) atoms. The van der Waals surface area contributed by atoms with E-state index in [2.05, 4.69) is 10.2 Å². The van der Waals surface area contributed by atoms with Crippen molar-refractivity contribution in [2.75, 3.05) is 11.4 Å². The first-order chi connectivity index (χ1) is 11.1. The van der Waals surface area contributed by atoms with Gasteiger partial charge in [0, 0.05) is 18.7 Å². The number of hydrogen-bond acceptors (Lipinski definition) is 4. The molecular formula is C17H16N4O2. The summed E-state index contributed by atoms with van der Waals surface area (Å²) in [7, 11) is 0. The number of anilines is 1. The SMILES string of the molecule is NC(=O)C1CC(=O)N(c2ccc(N=Nc3ccccc3)cc2)C1.